The van der Waals surface area contributed by atoms with E-state index in [1.54, 1.807) is 20.8 Å². The summed E-state index contributed by atoms with van der Waals surface area (Å²) in [7, 11) is 0. The Balaban J connectivity index is -0.0000000257. The van der Waals surface area contributed by atoms with Gasteiger partial charge in [-0.25, -0.2) is 0 Å². The minimum atomic E-state index is 0. The van der Waals surface area contributed by atoms with Gasteiger partial charge in [-0.05, 0) is 0 Å². The molecule has 0 amide bonds. The van der Waals surface area contributed by atoms with Crippen molar-refractivity contribution in [1.82, 2.24) is 0 Å². The van der Waals surface area contributed by atoms with Gasteiger partial charge in [0.15, 0.2) is 0 Å². The Kier molecular flexibility index (Phi) is 127. The minimum Gasteiger partial charge on any atom is -0.855 e. The maximum absolute atomic E-state index is 8.93. The van der Waals surface area contributed by atoms with Crippen molar-refractivity contribution in [2.45, 2.75) is 20.8 Å². The number of hydrogen-bond donors (Lipinski definition) is 0. The zero-order chi connectivity index (χ0) is 8.12. The second kappa shape index (κ2) is 56.5. The fourth-order valence-electron chi connectivity index (χ4n) is 0. The van der Waals surface area contributed by atoms with E-state index in [-0.39, 0.29) is 38.4 Å². The molecule has 0 unspecified atom stereocenters. The summed E-state index contributed by atoms with van der Waals surface area (Å²) in [5.41, 5.74) is 0. The van der Waals surface area contributed by atoms with Crippen molar-refractivity contribution in [1.29, 1.82) is 0 Å². The molecule has 10 heavy (non-hydrogen) atoms. The van der Waals surface area contributed by atoms with Gasteiger partial charge in [0.1, 0.15) is 0 Å². The average molecular weight is 186 g/mol. The minimum absolute atomic E-state index is 0. The first-order valence-electron chi connectivity index (χ1n) is 2.99. The molecular formula is C6H15O3V. The van der Waals surface area contributed by atoms with E-state index in [0.717, 1.165) is 0 Å². The van der Waals surface area contributed by atoms with E-state index in [9.17, 15) is 0 Å². The predicted molar refractivity (Wildman–Crippen MR) is 31.6 cm³/mol. The van der Waals surface area contributed by atoms with Gasteiger partial charge in [0.2, 0.25) is 0 Å². The van der Waals surface area contributed by atoms with Gasteiger partial charge in [-0.3, -0.25) is 0 Å². The Morgan fingerprint density at radius 3 is 0.700 bits per heavy atom. The van der Waals surface area contributed by atoms with Crippen LogP contribution in [-0.2, 0) is 18.6 Å². The van der Waals surface area contributed by atoms with E-state index in [0.29, 0.717) is 0 Å². The zero-order valence-electron chi connectivity index (χ0n) is 6.79. The molecule has 0 radical (unpaired) electrons. The molecule has 0 aliphatic carbocycles. The summed E-state index contributed by atoms with van der Waals surface area (Å²) in [6.07, 6.45) is 0. The molecule has 0 fully saturated rings. The molecule has 0 saturated heterocycles. The van der Waals surface area contributed by atoms with Gasteiger partial charge in [0.25, 0.3) is 0 Å². The molecular weight excluding hydrogens is 171 g/mol. The van der Waals surface area contributed by atoms with E-state index in [1.807, 2.05) is 0 Å². The summed E-state index contributed by atoms with van der Waals surface area (Å²) in [5.74, 6) is 0. The molecule has 0 heterocycles. The molecule has 0 N–H and O–H groups in total. The number of hydrogen-bond acceptors (Lipinski definition) is 3. The van der Waals surface area contributed by atoms with Crippen LogP contribution in [0.4, 0.5) is 0 Å². The maximum atomic E-state index is 8.93. The summed E-state index contributed by atoms with van der Waals surface area (Å²) in [6.45, 7) is 4.71. The van der Waals surface area contributed by atoms with Gasteiger partial charge in [-0.15, -0.1) is 19.8 Å². The van der Waals surface area contributed by atoms with E-state index < -0.39 is 0 Å². The van der Waals surface area contributed by atoms with Crippen LogP contribution in [0.3, 0.4) is 0 Å². The molecule has 0 aromatic heterocycles. The summed E-state index contributed by atoms with van der Waals surface area (Å²) >= 11 is 0. The Morgan fingerprint density at radius 1 is 0.700 bits per heavy atom. The molecule has 0 aromatic rings. The molecule has 0 aliphatic rings. The van der Waals surface area contributed by atoms with Crippen molar-refractivity contribution in [3.05, 3.63) is 0 Å². The average Bonchev–Trinajstić information content (AvgIpc) is 1.70. The van der Waals surface area contributed by atoms with Gasteiger partial charge < -0.3 is 15.3 Å². The Labute approximate surface area is 75.0 Å². The van der Waals surface area contributed by atoms with Crippen LogP contribution in [0.15, 0.2) is 0 Å². The van der Waals surface area contributed by atoms with Gasteiger partial charge in [0, 0.05) is 0 Å². The second-order valence-corrected chi connectivity index (χ2v) is 0.866. The van der Waals surface area contributed by atoms with Crippen LogP contribution < -0.4 is 15.3 Å². The number of rotatable bonds is 0. The molecule has 3 nitrogen and oxygen atoms in total. The van der Waals surface area contributed by atoms with Crippen molar-refractivity contribution < 1.29 is 33.9 Å². The van der Waals surface area contributed by atoms with E-state index in [4.69, 9.17) is 15.3 Å². The Hall–Kier alpha value is 0.464. The van der Waals surface area contributed by atoms with Crippen LogP contribution in [0.2, 0.25) is 0 Å². The monoisotopic (exact) mass is 186 g/mol. The third-order valence-corrected chi connectivity index (χ3v) is 0. The van der Waals surface area contributed by atoms with Gasteiger partial charge in [-0.2, -0.15) is 0 Å². The zero-order valence-corrected chi connectivity index (χ0v) is 8.19. The van der Waals surface area contributed by atoms with Crippen LogP contribution in [0.25, 0.3) is 0 Å². The van der Waals surface area contributed by atoms with Crippen LogP contribution in [0, 0.1) is 0 Å². The van der Waals surface area contributed by atoms with Gasteiger partial charge in [-0.1, -0.05) is 20.8 Å². The first kappa shape index (κ1) is 22.4. The summed E-state index contributed by atoms with van der Waals surface area (Å²) in [5, 5.41) is 26.8. The van der Waals surface area contributed by atoms with Crippen LogP contribution >= 0.6 is 0 Å². The van der Waals surface area contributed by atoms with Crippen molar-refractivity contribution in [2.75, 3.05) is 19.8 Å². The van der Waals surface area contributed by atoms with Crippen molar-refractivity contribution in [3.8, 4) is 0 Å². The predicted octanol–water partition coefficient (Wildman–Crippen LogP) is -1.90. The third kappa shape index (κ3) is 2190. The largest absolute Gasteiger partial charge is 3.00 e. The molecule has 0 bridgehead atoms. The molecule has 0 saturated carbocycles. The van der Waals surface area contributed by atoms with Crippen LogP contribution in [0.5, 0.6) is 0 Å². The molecule has 0 atom stereocenters. The van der Waals surface area contributed by atoms with Gasteiger partial charge >= 0.3 is 18.6 Å². The normalized spacial score (nSPS) is 5.40. The third-order valence-electron chi connectivity index (χ3n) is 0. The smallest absolute Gasteiger partial charge is 0.855 e. The van der Waals surface area contributed by atoms with Crippen molar-refractivity contribution in [2.24, 2.45) is 0 Å². The second-order valence-electron chi connectivity index (χ2n) is 0.866. The first-order chi connectivity index (χ1) is 4.24. The SMILES string of the molecule is CC[O-].CC[O-].CC[O-].[V+3]. The first-order valence-corrected chi connectivity index (χ1v) is 2.99. The summed E-state index contributed by atoms with van der Waals surface area (Å²) in [6, 6.07) is 0. The molecule has 4 heteroatoms. The molecule has 0 spiro atoms. The topological polar surface area (TPSA) is 69.2 Å². The maximum Gasteiger partial charge on any atom is 3.00 e. The van der Waals surface area contributed by atoms with Crippen LogP contribution in [-0.4, -0.2) is 19.8 Å². The van der Waals surface area contributed by atoms with E-state index in [1.165, 1.54) is 0 Å². The standard InChI is InChI=1S/3C2H5O.V/c3*1-2-3;/h3*2H2,1H3;/q3*-1;+3. The fourth-order valence-corrected chi connectivity index (χ4v) is 0. The molecule has 0 rings (SSSR count). The summed E-state index contributed by atoms with van der Waals surface area (Å²) < 4.78 is 0. The van der Waals surface area contributed by atoms with E-state index >= 15 is 0 Å². The van der Waals surface area contributed by atoms with Crippen molar-refractivity contribution >= 4 is 0 Å². The van der Waals surface area contributed by atoms with Crippen molar-refractivity contribution in [3.63, 3.8) is 0 Å². The van der Waals surface area contributed by atoms with Crippen LogP contribution in [0.1, 0.15) is 20.8 Å². The molecule has 0 aliphatic heterocycles. The fraction of sp³-hybridized carbons (Fsp3) is 1.00. The Morgan fingerprint density at radius 2 is 0.700 bits per heavy atom. The molecule has 62 valence electrons. The Bertz CT molecular complexity index is 17.7. The van der Waals surface area contributed by atoms with Gasteiger partial charge in [0.05, 0.1) is 0 Å². The van der Waals surface area contributed by atoms with E-state index in [2.05, 4.69) is 0 Å². The quantitative estimate of drug-likeness (QED) is 0.443. The molecule has 0 aromatic carbocycles. The summed E-state index contributed by atoms with van der Waals surface area (Å²) in [4.78, 5) is 0.